The Hall–Kier alpha value is -1.69. The van der Waals surface area contributed by atoms with E-state index in [0.717, 1.165) is 31.2 Å². The van der Waals surface area contributed by atoms with Crippen LogP contribution in [0.15, 0.2) is 4.79 Å². The van der Waals surface area contributed by atoms with Gasteiger partial charge in [0.05, 0.1) is 12.0 Å². The molecular formula is C15H18N2O3S. The Kier molecular flexibility index (Phi) is 3.80. The second-order valence-corrected chi connectivity index (χ2v) is 6.18. The molecule has 0 saturated carbocycles. The zero-order chi connectivity index (χ0) is 15.0. The highest BCUT2D eigenvalue weighted by atomic mass is 32.1. The maximum atomic E-state index is 12.7. The van der Waals surface area contributed by atoms with Crippen LogP contribution in [-0.2, 0) is 24.1 Å². The first-order chi connectivity index (χ1) is 10.2. The first kappa shape index (κ1) is 14.3. The summed E-state index contributed by atoms with van der Waals surface area (Å²) >= 11 is 1.55. The lowest BCUT2D eigenvalue weighted by Crippen LogP contribution is -2.28. The Morgan fingerprint density at radius 1 is 1.33 bits per heavy atom. The van der Waals surface area contributed by atoms with Crippen LogP contribution in [0.3, 0.4) is 0 Å². The summed E-state index contributed by atoms with van der Waals surface area (Å²) in [5.41, 5.74) is 1.04. The number of thiophene rings is 1. The first-order valence-corrected chi connectivity index (χ1v) is 8.21. The Bertz CT molecular complexity index is 760. The smallest absolute Gasteiger partial charge is 0.374 e. The molecule has 21 heavy (non-hydrogen) atoms. The summed E-state index contributed by atoms with van der Waals surface area (Å²) in [5, 5.41) is 0.713. The maximum Gasteiger partial charge on any atom is 0.374 e. The van der Waals surface area contributed by atoms with Gasteiger partial charge in [-0.05, 0) is 45.1 Å². The van der Waals surface area contributed by atoms with E-state index in [9.17, 15) is 9.59 Å². The van der Waals surface area contributed by atoms with Crippen LogP contribution >= 0.6 is 11.3 Å². The molecule has 0 radical (unpaired) electrons. The van der Waals surface area contributed by atoms with Crippen molar-refractivity contribution in [2.24, 2.45) is 0 Å². The third-order valence-corrected chi connectivity index (χ3v) is 5.03. The molecule has 6 heteroatoms. The Balaban J connectivity index is 2.27. The summed E-state index contributed by atoms with van der Waals surface area (Å²) in [6.45, 7) is 4.28. The number of carbonyl (C=O) groups is 1. The van der Waals surface area contributed by atoms with E-state index >= 15 is 0 Å². The third kappa shape index (κ3) is 2.27. The van der Waals surface area contributed by atoms with Gasteiger partial charge in [0.1, 0.15) is 4.83 Å². The van der Waals surface area contributed by atoms with Gasteiger partial charge in [-0.2, -0.15) is 0 Å². The number of aryl methyl sites for hydroxylation is 2. The molecule has 2 aromatic heterocycles. The van der Waals surface area contributed by atoms with Gasteiger partial charge in [0.15, 0.2) is 0 Å². The van der Waals surface area contributed by atoms with Crippen molar-refractivity contribution < 1.29 is 9.53 Å². The summed E-state index contributed by atoms with van der Waals surface area (Å²) in [7, 11) is 0. The molecule has 0 fully saturated rings. The van der Waals surface area contributed by atoms with Crippen molar-refractivity contribution in [3.8, 4) is 0 Å². The topological polar surface area (TPSA) is 61.2 Å². The molecule has 0 saturated heterocycles. The minimum atomic E-state index is -0.523. The number of aromatic nitrogens is 2. The minimum Gasteiger partial charge on any atom is -0.460 e. The van der Waals surface area contributed by atoms with Crippen molar-refractivity contribution in [2.45, 2.75) is 46.1 Å². The number of rotatable bonds is 3. The molecule has 0 bridgehead atoms. The van der Waals surface area contributed by atoms with Gasteiger partial charge in [0.2, 0.25) is 5.82 Å². The second-order valence-electron chi connectivity index (χ2n) is 5.10. The van der Waals surface area contributed by atoms with Crippen molar-refractivity contribution in [1.29, 1.82) is 0 Å². The SMILES string of the molecule is CCOC(=O)c1nc2sc3c(c2c(=O)n1CC)CCCC3. The van der Waals surface area contributed by atoms with Gasteiger partial charge in [0, 0.05) is 11.4 Å². The molecule has 1 aliphatic carbocycles. The largest absolute Gasteiger partial charge is 0.460 e. The number of nitrogens with zero attached hydrogens (tertiary/aromatic N) is 2. The van der Waals surface area contributed by atoms with Crippen LogP contribution in [-0.4, -0.2) is 22.1 Å². The molecule has 0 aromatic carbocycles. The average Bonchev–Trinajstić information content (AvgIpc) is 2.85. The van der Waals surface area contributed by atoms with Crippen molar-refractivity contribution in [3.63, 3.8) is 0 Å². The van der Waals surface area contributed by atoms with Crippen LogP contribution < -0.4 is 5.56 Å². The molecule has 0 atom stereocenters. The van der Waals surface area contributed by atoms with E-state index in [1.54, 1.807) is 18.3 Å². The van der Waals surface area contributed by atoms with Crippen molar-refractivity contribution in [3.05, 3.63) is 26.6 Å². The molecule has 0 N–H and O–H groups in total. The lowest BCUT2D eigenvalue weighted by molar-refractivity contribution is 0.0504. The maximum absolute atomic E-state index is 12.7. The summed E-state index contributed by atoms with van der Waals surface area (Å²) in [6, 6.07) is 0. The highest BCUT2D eigenvalue weighted by Crippen LogP contribution is 2.33. The Morgan fingerprint density at radius 2 is 2.10 bits per heavy atom. The van der Waals surface area contributed by atoms with Gasteiger partial charge in [-0.25, -0.2) is 9.78 Å². The van der Waals surface area contributed by atoms with Crippen molar-refractivity contribution in [1.82, 2.24) is 9.55 Å². The monoisotopic (exact) mass is 306 g/mol. The summed E-state index contributed by atoms with van der Waals surface area (Å²) in [5.74, 6) is -0.403. The molecular weight excluding hydrogens is 288 g/mol. The number of ether oxygens (including phenoxy) is 1. The first-order valence-electron chi connectivity index (χ1n) is 7.39. The van der Waals surface area contributed by atoms with Crippen LogP contribution in [0.2, 0.25) is 0 Å². The molecule has 0 unspecified atom stereocenters. The molecule has 0 spiro atoms. The highest BCUT2D eigenvalue weighted by molar-refractivity contribution is 7.18. The fourth-order valence-corrected chi connectivity index (χ4v) is 4.14. The van der Waals surface area contributed by atoms with Crippen LogP contribution in [0, 0.1) is 0 Å². The molecule has 112 valence electrons. The summed E-state index contributed by atoms with van der Waals surface area (Å²) in [4.78, 5) is 31.1. The van der Waals surface area contributed by atoms with Gasteiger partial charge >= 0.3 is 5.97 Å². The number of hydrogen-bond acceptors (Lipinski definition) is 5. The van der Waals surface area contributed by atoms with E-state index in [0.29, 0.717) is 16.8 Å². The number of fused-ring (bicyclic) bond motifs is 3. The molecule has 0 aliphatic heterocycles. The standard InChI is InChI=1S/C15H18N2O3S/c1-3-17-12(15(19)20-4-2)16-13-11(14(17)18)9-7-5-6-8-10(9)21-13/h3-8H2,1-2H3. The van der Waals surface area contributed by atoms with Crippen LogP contribution in [0.1, 0.15) is 47.7 Å². The van der Waals surface area contributed by atoms with Crippen molar-refractivity contribution >= 4 is 27.5 Å². The van der Waals surface area contributed by atoms with E-state index in [-0.39, 0.29) is 18.0 Å². The molecule has 5 nitrogen and oxygen atoms in total. The third-order valence-electron chi connectivity index (χ3n) is 3.85. The number of carbonyl (C=O) groups excluding carboxylic acids is 1. The zero-order valence-corrected chi connectivity index (χ0v) is 13.1. The second kappa shape index (κ2) is 5.60. The van der Waals surface area contributed by atoms with Crippen LogP contribution in [0.5, 0.6) is 0 Å². The van der Waals surface area contributed by atoms with Gasteiger partial charge in [-0.1, -0.05) is 0 Å². The van der Waals surface area contributed by atoms with E-state index in [1.807, 2.05) is 6.92 Å². The molecule has 1 aliphatic rings. The molecule has 3 rings (SSSR count). The van der Waals surface area contributed by atoms with Gasteiger partial charge in [-0.15, -0.1) is 11.3 Å². The van der Waals surface area contributed by atoms with Gasteiger partial charge < -0.3 is 4.74 Å². The average molecular weight is 306 g/mol. The quantitative estimate of drug-likeness (QED) is 0.818. The molecule has 2 aromatic rings. The van der Waals surface area contributed by atoms with Gasteiger partial charge in [-0.3, -0.25) is 9.36 Å². The lowest BCUT2D eigenvalue weighted by atomic mass is 9.97. The normalized spacial score (nSPS) is 14.2. The predicted molar refractivity (Wildman–Crippen MR) is 82.2 cm³/mol. The van der Waals surface area contributed by atoms with Crippen LogP contribution in [0.25, 0.3) is 10.2 Å². The number of esters is 1. The zero-order valence-electron chi connectivity index (χ0n) is 12.3. The Morgan fingerprint density at radius 3 is 2.81 bits per heavy atom. The Labute approximate surface area is 126 Å². The van der Waals surface area contributed by atoms with E-state index in [4.69, 9.17) is 4.74 Å². The molecule has 0 amide bonds. The minimum absolute atomic E-state index is 0.107. The van der Waals surface area contributed by atoms with E-state index < -0.39 is 5.97 Å². The van der Waals surface area contributed by atoms with Gasteiger partial charge in [0.25, 0.3) is 5.56 Å². The van der Waals surface area contributed by atoms with E-state index in [2.05, 4.69) is 4.98 Å². The van der Waals surface area contributed by atoms with Crippen molar-refractivity contribution in [2.75, 3.05) is 6.61 Å². The lowest BCUT2D eigenvalue weighted by Gasteiger charge is -2.11. The summed E-state index contributed by atoms with van der Waals surface area (Å²) in [6.07, 6.45) is 4.22. The fraction of sp³-hybridized carbons (Fsp3) is 0.533. The molecule has 2 heterocycles. The predicted octanol–water partition coefficient (Wildman–Crippen LogP) is 2.53. The highest BCUT2D eigenvalue weighted by Gasteiger charge is 2.24. The van der Waals surface area contributed by atoms with E-state index in [1.165, 1.54) is 9.44 Å². The summed E-state index contributed by atoms with van der Waals surface area (Å²) < 4.78 is 6.45. The van der Waals surface area contributed by atoms with Crippen LogP contribution in [0.4, 0.5) is 0 Å². The fourth-order valence-electron chi connectivity index (χ4n) is 2.88. The number of hydrogen-bond donors (Lipinski definition) is 0.